The summed E-state index contributed by atoms with van der Waals surface area (Å²) in [7, 11) is 0. The number of carbonyl (C=O) groups excluding carboxylic acids is 1. The van der Waals surface area contributed by atoms with E-state index in [0.29, 0.717) is 23.1 Å². The molecule has 0 amide bonds. The number of hydrogen-bond donors (Lipinski definition) is 0. The van der Waals surface area contributed by atoms with Gasteiger partial charge in [0.05, 0.1) is 0 Å². The molecule has 0 saturated heterocycles. The number of alkyl halides is 1. The number of halogens is 1. The van der Waals surface area contributed by atoms with Crippen LogP contribution in [-0.4, -0.2) is 15.2 Å². The monoisotopic (exact) mass is 307 g/mol. The van der Waals surface area contributed by atoms with Crippen molar-refractivity contribution in [2.75, 3.05) is 0 Å². The predicted molar refractivity (Wildman–Crippen MR) is 77.6 cm³/mol. The van der Waals surface area contributed by atoms with Gasteiger partial charge < -0.3 is 4.57 Å². The molecule has 0 aliphatic carbocycles. The molecule has 2 aliphatic rings. The Labute approximate surface area is 116 Å². The lowest BCUT2D eigenvalue weighted by Crippen LogP contribution is -2.33. The summed E-state index contributed by atoms with van der Waals surface area (Å²) in [6.07, 6.45) is 8.28. The fourth-order valence-corrected chi connectivity index (χ4v) is 4.03. The summed E-state index contributed by atoms with van der Waals surface area (Å²) in [5.41, 5.74) is 2.25. The third-order valence-corrected chi connectivity index (χ3v) is 4.76. The van der Waals surface area contributed by atoms with E-state index in [1.54, 1.807) is 0 Å². The normalized spacial score (nSPS) is 24.4. The van der Waals surface area contributed by atoms with Gasteiger partial charge in [-0.1, -0.05) is 35.9 Å². The fraction of sp³-hybridized carbons (Fsp3) is 0.533. The summed E-state index contributed by atoms with van der Waals surface area (Å²) in [5.74, 6) is 0.292. The van der Waals surface area contributed by atoms with Crippen molar-refractivity contribution < 1.29 is 4.79 Å². The lowest BCUT2D eigenvalue weighted by atomic mass is 10.00. The van der Waals surface area contributed by atoms with Crippen LogP contribution in [0.15, 0.2) is 0 Å². The van der Waals surface area contributed by atoms with Crippen LogP contribution in [0, 0.1) is 0 Å². The highest BCUT2D eigenvalue weighted by Gasteiger charge is 2.29. The van der Waals surface area contributed by atoms with E-state index in [1.807, 2.05) is 6.92 Å². The van der Waals surface area contributed by atoms with Crippen LogP contribution in [0.2, 0.25) is 0 Å². The molecule has 3 rings (SSSR count). The van der Waals surface area contributed by atoms with Crippen molar-refractivity contribution in [3.05, 3.63) is 21.8 Å². The highest BCUT2D eigenvalue weighted by molar-refractivity contribution is 9.09. The molecule has 0 N–H and O–H groups in total. The minimum absolute atomic E-state index is 0.292. The molecule has 0 fully saturated rings. The van der Waals surface area contributed by atoms with Gasteiger partial charge in [-0.05, 0) is 30.9 Å². The Kier molecular flexibility index (Phi) is 2.97. The second-order valence-electron chi connectivity index (χ2n) is 5.14. The second kappa shape index (κ2) is 4.37. The Morgan fingerprint density at radius 3 is 2.89 bits per heavy atom. The zero-order valence-corrected chi connectivity index (χ0v) is 12.5. The molecule has 0 aromatic carbocycles. The maximum Gasteiger partial charge on any atom is 0.165 e. The lowest BCUT2D eigenvalue weighted by molar-refractivity contribution is 0.0986. The SMILES string of the molecule is CCC(=O)c1c(CC)c2n3c1=CC[C@H]3CC(Br)C=2. The molecule has 3 heteroatoms. The van der Waals surface area contributed by atoms with Crippen LogP contribution in [0.25, 0.3) is 12.2 Å². The number of Topliss-reactive ketones (excluding diaryl/α,β-unsaturated/α-hetero) is 1. The number of rotatable bonds is 3. The molecular weight excluding hydrogens is 290 g/mol. The summed E-state index contributed by atoms with van der Waals surface area (Å²) >= 11 is 3.72. The third kappa shape index (κ3) is 1.56. The van der Waals surface area contributed by atoms with Crippen molar-refractivity contribution in [3.8, 4) is 0 Å². The van der Waals surface area contributed by atoms with Gasteiger partial charge in [-0.3, -0.25) is 4.79 Å². The van der Waals surface area contributed by atoms with Crippen LogP contribution < -0.4 is 10.7 Å². The molecule has 96 valence electrons. The molecular formula is C15H18BrNO. The van der Waals surface area contributed by atoms with Gasteiger partial charge in [0.25, 0.3) is 0 Å². The van der Waals surface area contributed by atoms with Crippen molar-refractivity contribution in [2.45, 2.75) is 50.4 Å². The average molecular weight is 308 g/mol. The third-order valence-electron chi connectivity index (χ3n) is 4.12. The van der Waals surface area contributed by atoms with E-state index in [4.69, 9.17) is 0 Å². The number of hydrogen-bond acceptors (Lipinski definition) is 1. The van der Waals surface area contributed by atoms with Crippen LogP contribution in [0.4, 0.5) is 0 Å². The molecule has 0 bridgehead atoms. The molecule has 3 heterocycles. The molecule has 1 aromatic heterocycles. The van der Waals surface area contributed by atoms with Gasteiger partial charge in [0.1, 0.15) is 0 Å². The Bertz CT molecular complexity index is 626. The number of ketones is 1. The van der Waals surface area contributed by atoms with Gasteiger partial charge >= 0.3 is 0 Å². The van der Waals surface area contributed by atoms with Crippen molar-refractivity contribution in [3.63, 3.8) is 0 Å². The first-order valence-corrected chi connectivity index (χ1v) is 7.71. The second-order valence-corrected chi connectivity index (χ2v) is 6.31. The van der Waals surface area contributed by atoms with E-state index in [9.17, 15) is 4.79 Å². The first-order chi connectivity index (χ1) is 8.67. The van der Waals surface area contributed by atoms with Gasteiger partial charge in [0.2, 0.25) is 0 Å². The molecule has 1 aromatic rings. The first kappa shape index (κ1) is 12.2. The Morgan fingerprint density at radius 1 is 1.44 bits per heavy atom. The van der Waals surface area contributed by atoms with Gasteiger partial charge in [-0.2, -0.15) is 0 Å². The maximum atomic E-state index is 12.2. The molecule has 0 spiro atoms. The Morgan fingerprint density at radius 2 is 2.22 bits per heavy atom. The van der Waals surface area contributed by atoms with Crippen molar-refractivity contribution >= 4 is 33.9 Å². The molecule has 2 atom stereocenters. The van der Waals surface area contributed by atoms with Gasteiger partial charge in [-0.15, -0.1) is 0 Å². The Hall–Kier alpha value is -0.830. The van der Waals surface area contributed by atoms with Gasteiger partial charge in [0, 0.05) is 33.6 Å². The lowest BCUT2D eigenvalue weighted by Gasteiger charge is -2.21. The van der Waals surface area contributed by atoms with Crippen LogP contribution in [-0.2, 0) is 6.42 Å². The standard InChI is InChI=1S/C15H18BrNO/c1-3-11-13-8-9(16)7-10-5-6-12(17(10)13)15(11)14(18)4-2/h6,8-10H,3-5,7H2,1-2H3/t9?,10-/m0/s1. The topological polar surface area (TPSA) is 22.0 Å². The zero-order valence-electron chi connectivity index (χ0n) is 10.9. The van der Waals surface area contributed by atoms with Crippen LogP contribution >= 0.6 is 15.9 Å². The van der Waals surface area contributed by atoms with Gasteiger partial charge in [-0.25, -0.2) is 0 Å². The molecule has 0 radical (unpaired) electrons. The maximum absolute atomic E-state index is 12.2. The van der Waals surface area contributed by atoms with E-state index in [1.165, 1.54) is 16.3 Å². The van der Waals surface area contributed by atoms with E-state index in [2.05, 4.69) is 39.6 Å². The van der Waals surface area contributed by atoms with Gasteiger partial charge in [0.15, 0.2) is 5.78 Å². The largest absolute Gasteiger partial charge is 0.338 e. The fourth-order valence-electron chi connectivity index (χ4n) is 3.35. The molecule has 2 nitrogen and oxygen atoms in total. The van der Waals surface area contributed by atoms with E-state index in [0.717, 1.165) is 24.8 Å². The van der Waals surface area contributed by atoms with Crippen molar-refractivity contribution in [1.82, 2.24) is 4.57 Å². The molecule has 1 unspecified atom stereocenters. The van der Waals surface area contributed by atoms with E-state index in [-0.39, 0.29) is 0 Å². The van der Waals surface area contributed by atoms with Crippen LogP contribution in [0.3, 0.4) is 0 Å². The van der Waals surface area contributed by atoms with E-state index >= 15 is 0 Å². The Balaban J connectivity index is 2.37. The smallest absolute Gasteiger partial charge is 0.165 e. The quantitative estimate of drug-likeness (QED) is 0.620. The minimum Gasteiger partial charge on any atom is -0.338 e. The summed E-state index contributed by atoms with van der Waals surface area (Å²) < 4.78 is 2.40. The first-order valence-electron chi connectivity index (χ1n) is 6.79. The summed E-state index contributed by atoms with van der Waals surface area (Å²) in [6.45, 7) is 4.10. The van der Waals surface area contributed by atoms with Crippen LogP contribution in [0.5, 0.6) is 0 Å². The summed E-state index contributed by atoms with van der Waals surface area (Å²) in [4.78, 5) is 12.7. The van der Waals surface area contributed by atoms with Crippen LogP contribution in [0.1, 0.15) is 55.1 Å². The molecule has 2 aliphatic heterocycles. The summed E-state index contributed by atoms with van der Waals surface area (Å²) in [6, 6.07) is 0.549. The molecule has 18 heavy (non-hydrogen) atoms. The highest BCUT2D eigenvalue weighted by atomic mass is 79.9. The molecule has 0 saturated carbocycles. The predicted octanol–water partition coefficient (Wildman–Crippen LogP) is 2.32. The number of nitrogens with zero attached hydrogens (tertiary/aromatic N) is 1. The van der Waals surface area contributed by atoms with Crippen molar-refractivity contribution in [1.29, 1.82) is 0 Å². The van der Waals surface area contributed by atoms with E-state index < -0.39 is 0 Å². The average Bonchev–Trinajstić information content (AvgIpc) is 2.90. The highest BCUT2D eigenvalue weighted by Crippen LogP contribution is 2.28. The summed E-state index contributed by atoms with van der Waals surface area (Å²) in [5, 5.41) is 2.48. The number of carbonyl (C=O) groups is 1. The number of aromatic nitrogens is 1. The minimum atomic E-state index is 0.292. The van der Waals surface area contributed by atoms with Crippen molar-refractivity contribution in [2.24, 2.45) is 0 Å². The zero-order chi connectivity index (χ0) is 12.9.